The second kappa shape index (κ2) is 4.84. The Labute approximate surface area is 112 Å². The van der Waals surface area contributed by atoms with Crippen LogP contribution in [0.15, 0.2) is 22.7 Å². The number of hydrogen-bond acceptors (Lipinski definition) is 5. The summed E-state index contributed by atoms with van der Waals surface area (Å²) in [5.41, 5.74) is 0.0965. The standard InChI is InChI=1S/C13H10FNO5/c14-8-4-7(10-6-9(13(16)17)15-20-10)5-11-12(8)19-3-1-2-18-11/h4-6H,1-3H2,(H,16,17). The number of rotatable bonds is 2. The van der Waals surface area contributed by atoms with E-state index in [9.17, 15) is 9.18 Å². The summed E-state index contributed by atoms with van der Waals surface area (Å²) >= 11 is 0. The van der Waals surface area contributed by atoms with Crippen molar-refractivity contribution in [3.05, 3.63) is 29.7 Å². The lowest BCUT2D eigenvalue weighted by Crippen LogP contribution is -1.98. The molecule has 0 bridgehead atoms. The molecule has 0 amide bonds. The first-order valence-corrected chi connectivity index (χ1v) is 5.94. The van der Waals surface area contributed by atoms with Crippen molar-refractivity contribution in [3.8, 4) is 22.8 Å². The van der Waals surface area contributed by atoms with Crippen LogP contribution in [0.2, 0.25) is 0 Å². The second-order valence-electron chi connectivity index (χ2n) is 4.22. The van der Waals surface area contributed by atoms with E-state index in [2.05, 4.69) is 5.16 Å². The Balaban J connectivity index is 2.03. The van der Waals surface area contributed by atoms with E-state index in [1.54, 1.807) is 0 Å². The van der Waals surface area contributed by atoms with Crippen molar-refractivity contribution in [3.63, 3.8) is 0 Å². The van der Waals surface area contributed by atoms with Crippen LogP contribution < -0.4 is 9.47 Å². The molecule has 0 aliphatic carbocycles. The Bertz CT molecular complexity index is 667. The molecule has 2 aromatic rings. The van der Waals surface area contributed by atoms with Crippen LogP contribution in [0.4, 0.5) is 4.39 Å². The molecule has 6 nitrogen and oxygen atoms in total. The Morgan fingerprint density at radius 1 is 1.25 bits per heavy atom. The number of halogens is 1. The van der Waals surface area contributed by atoms with Crippen molar-refractivity contribution in [1.29, 1.82) is 0 Å². The van der Waals surface area contributed by atoms with Crippen molar-refractivity contribution < 1.29 is 28.3 Å². The molecule has 0 fully saturated rings. The molecular formula is C13H10FNO5. The topological polar surface area (TPSA) is 81.8 Å². The van der Waals surface area contributed by atoms with Crippen LogP contribution in [0, 0.1) is 5.82 Å². The molecule has 1 aromatic heterocycles. The minimum atomic E-state index is -1.21. The molecular weight excluding hydrogens is 269 g/mol. The van der Waals surface area contributed by atoms with Gasteiger partial charge in [0.25, 0.3) is 0 Å². The lowest BCUT2D eigenvalue weighted by molar-refractivity contribution is 0.0686. The third-order valence-corrected chi connectivity index (χ3v) is 2.82. The molecule has 0 atom stereocenters. The Hall–Kier alpha value is -2.57. The Morgan fingerprint density at radius 3 is 2.80 bits per heavy atom. The molecule has 1 N–H and O–H groups in total. The first-order valence-electron chi connectivity index (χ1n) is 5.94. The largest absolute Gasteiger partial charge is 0.489 e. The molecule has 20 heavy (non-hydrogen) atoms. The predicted octanol–water partition coefficient (Wildman–Crippen LogP) is 2.34. The second-order valence-corrected chi connectivity index (χ2v) is 4.22. The fraction of sp³-hybridized carbons (Fsp3) is 0.231. The van der Waals surface area contributed by atoms with Crippen molar-refractivity contribution >= 4 is 5.97 Å². The lowest BCUT2D eigenvalue weighted by Gasteiger charge is -2.09. The highest BCUT2D eigenvalue weighted by Gasteiger charge is 2.20. The van der Waals surface area contributed by atoms with E-state index in [-0.39, 0.29) is 23.0 Å². The van der Waals surface area contributed by atoms with Gasteiger partial charge in [-0.1, -0.05) is 5.16 Å². The Kier molecular flexibility index (Phi) is 3.02. The smallest absolute Gasteiger partial charge is 0.358 e. The first kappa shape index (κ1) is 12.5. The van der Waals surface area contributed by atoms with Gasteiger partial charge in [-0.25, -0.2) is 9.18 Å². The maximum atomic E-state index is 14.0. The molecule has 3 rings (SSSR count). The van der Waals surface area contributed by atoms with E-state index < -0.39 is 11.8 Å². The summed E-state index contributed by atoms with van der Waals surface area (Å²) in [4.78, 5) is 10.7. The summed E-state index contributed by atoms with van der Waals surface area (Å²) in [6.07, 6.45) is 0.662. The van der Waals surface area contributed by atoms with Gasteiger partial charge >= 0.3 is 5.97 Å². The van der Waals surface area contributed by atoms with E-state index in [1.807, 2.05) is 0 Å². The number of aromatic nitrogens is 1. The number of benzene rings is 1. The first-order chi connectivity index (χ1) is 9.65. The quantitative estimate of drug-likeness (QED) is 0.908. The highest BCUT2D eigenvalue weighted by molar-refractivity contribution is 5.86. The minimum Gasteiger partial charge on any atom is -0.489 e. The van der Waals surface area contributed by atoms with Gasteiger partial charge in [0.2, 0.25) is 0 Å². The van der Waals surface area contributed by atoms with Gasteiger partial charge in [-0.2, -0.15) is 0 Å². The van der Waals surface area contributed by atoms with Crippen LogP contribution in [0.25, 0.3) is 11.3 Å². The van der Waals surface area contributed by atoms with Gasteiger partial charge in [0.05, 0.1) is 13.2 Å². The van der Waals surface area contributed by atoms with Gasteiger partial charge in [-0.05, 0) is 12.1 Å². The van der Waals surface area contributed by atoms with Crippen LogP contribution in [0.1, 0.15) is 16.9 Å². The van der Waals surface area contributed by atoms with Gasteiger partial charge in [-0.15, -0.1) is 0 Å². The number of fused-ring (bicyclic) bond motifs is 1. The monoisotopic (exact) mass is 279 g/mol. The van der Waals surface area contributed by atoms with Crippen LogP contribution in [-0.2, 0) is 0 Å². The Morgan fingerprint density at radius 2 is 2.05 bits per heavy atom. The third-order valence-electron chi connectivity index (χ3n) is 2.82. The molecule has 104 valence electrons. The van der Waals surface area contributed by atoms with E-state index in [0.717, 1.165) is 0 Å². The molecule has 1 aliphatic heterocycles. The van der Waals surface area contributed by atoms with Gasteiger partial charge in [0.15, 0.2) is 28.8 Å². The third kappa shape index (κ3) is 2.18. The molecule has 0 unspecified atom stereocenters. The molecule has 0 radical (unpaired) electrons. The molecule has 0 spiro atoms. The summed E-state index contributed by atoms with van der Waals surface area (Å²) < 4.78 is 29.6. The number of carbonyl (C=O) groups is 1. The van der Waals surface area contributed by atoms with Gasteiger partial charge in [0, 0.05) is 18.1 Å². The maximum absolute atomic E-state index is 14.0. The molecule has 2 heterocycles. The summed E-state index contributed by atoms with van der Waals surface area (Å²) in [5, 5.41) is 12.2. The van der Waals surface area contributed by atoms with Gasteiger partial charge in [-0.3, -0.25) is 0 Å². The highest BCUT2D eigenvalue weighted by Crippen LogP contribution is 2.37. The average molecular weight is 279 g/mol. The van der Waals surface area contributed by atoms with Gasteiger partial charge < -0.3 is 19.1 Å². The number of nitrogens with zero attached hydrogens (tertiary/aromatic N) is 1. The van der Waals surface area contributed by atoms with Crippen LogP contribution in [0.3, 0.4) is 0 Å². The molecule has 0 saturated heterocycles. The van der Waals surface area contributed by atoms with E-state index >= 15 is 0 Å². The van der Waals surface area contributed by atoms with Gasteiger partial charge in [0.1, 0.15) is 0 Å². The fourth-order valence-corrected chi connectivity index (χ4v) is 1.89. The molecule has 1 aliphatic rings. The number of hydrogen-bond donors (Lipinski definition) is 1. The summed E-state index contributed by atoms with van der Waals surface area (Å²) in [6.45, 7) is 0.807. The number of ether oxygens (including phenoxy) is 2. The zero-order valence-corrected chi connectivity index (χ0v) is 10.3. The van der Waals surface area contributed by atoms with E-state index in [0.29, 0.717) is 25.2 Å². The molecule has 0 saturated carbocycles. The highest BCUT2D eigenvalue weighted by atomic mass is 19.1. The van der Waals surface area contributed by atoms with Crippen molar-refractivity contribution in [2.24, 2.45) is 0 Å². The summed E-state index contributed by atoms with van der Waals surface area (Å²) in [7, 11) is 0. The van der Waals surface area contributed by atoms with E-state index in [4.69, 9.17) is 19.1 Å². The van der Waals surface area contributed by atoms with Crippen molar-refractivity contribution in [2.45, 2.75) is 6.42 Å². The molecule has 1 aromatic carbocycles. The van der Waals surface area contributed by atoms with Crippen LogP contribution in [-0.4, -0.2) is 29.4 Å². The lowest BCUT2D eigenvalue weighted by atomic mass is 10.1. The maximum Gasteiger partial charge on any atom is 0.358 e. The summed E-state index contributed by atoms with van der Waals surface area (Å²) in [5.74, 6) is -1.32. The zero-order chi connectivity index (χ0) is 14.1. The van der Waals surface area contributed by atoms with Crippen LogP contribution in [0.5, 0.6) is 11.5 Å². The number of carboxylic acids is 1. The van der Waals surface area contributed by atoms with E-state index in [1.165, 1.54) is 18.2 Å². The fourth-order valence-electron chi connectivity index (χ4n) is 1.89. The van der Waals surface area contributed by atoms with Crippen molar-refractivity contribution in [1.82, 2.24) is 5.16 Å². The minimum absolute atomic E-state index is 0.0595. The number of carboxylic acid groups (broad SMARTS) is 1. The average Bonchev–Trinajstić information content (AvgIpc) is 2.79. The number of aromatic carboxylic acids is 1. The van der Waals surface area contributed by atoms with Crippen LogP contribution >= 0.6 is 0 Å². The SMILES string of the molecule is O=C(O)c1cc(-c2cc(F)c3c(c2)OCCCO3)on1. The normalized spacial score (nSPS) is 13.8. The van der Waals surface area contributed by atoms with Crippen molar-refractivity contribution in [2.75, 3.05) is 13.2 Å². The summed E-state index contributed by atoms with van der Waals surface area (Å²) in [6, 6.07) is 3.95. The predicted molar refractivity (Wildman–Crippen MR) is 64.5 cm³/mol. The zero-order valence-electron chi connectivity index (χ0n) is 10.3. The molecule has 7 heteroatoms.